The Balaban J connectivity index is 2.65. The van der Waals surface area contributed by atoms with Crippen LogP contribution in [0.2, 0.25) is 0 Å². The molecular formula is C6H10N2O. The standard InChI is InChI=1S/C6H10N2O/c1-4-3-7-5(2)6(9)8-4/h3,5,7H,1-2H3,(H,8,9). The average Bonchev–Trinajstić information content (AvgIpc) is 1.80. The highest BCUT2D eigenvalue weighted by Crippen LogP contribution is 1.94. The third-order valence-electron chi connectivity index (χ3n) is 1.26. The lowest BCUT2D eigenvalue weighted by Gasteiger charge is -2.18. The minimum atomic E-state index is -0.0892. The van der Waals surface area contributed by atoms with E-state index in [-0.39, 0.29) is 11.9 Å². The van der Waals surface area contributed by atoms with Crippen molar-refractivity contribution in [3.63, 3.8) is 0 Å². The number of carbonyl (C=O) groups excluding carboxylic acids is 1. The maximum absolute atomic E-state index is 10.8. The first-order chi connectivity index (χ1) is 4.20. The molecule has 9 heavy (non-hydrogen) atoms. The molecule has 3 nitrogen and oxygen atoms in total. The molecule has 0 fully saturated rings. The van der Waals surface area contributed by atoms with Crippen molar-refractivity contribution in [1.29, 1.82) is 0 Å². The molecule has 1 amide bonds. The van der Waals surface area contributed by atoms with Crippen LogP contribution in [0.4, 0.5) is 0 Å². The van der Waals surface area contributed by atoms with E-state index in [2.05, 4.69) is 10.6 Å². The van der Waals surface area contributed by atoms with Gasteiger partial charge in [-0.15, -0.1) is 0 Å². The van der Waals surface area contributed by atoms with E-state index in [1.807, 2.05) is 13.8 Å². The molecule has 1 atom stereocenters. The molecular weight excluding hydrogens is 116 g/mol. The summed E-state index contributed by atoms with van der Waals surface area (Å²) in [6, 6.07) is -0.0892. The van der Waals surface area contributed by atoms with Crippen LogP contribution >= 0.6 is 0 Å². The van der Waals surface area contributed by atoms with E-state index in [1.54, 1.807) is 6.20 Å². The second-order valence-corrected chi connectivity index (χ2v) is 2.20. The Morgan fingerprint density at radius 1 is 1.67 bits per heavy atom. The molecule has 0 aromatic carbocycles. The van der Waals surface area contributed by atoms with Gasteiger partial charge < -0.3 is 10.6 Å². The van der Waals surface area contributed by atoms with Crippen molar-refractivity contribution in [2.75, 3.05) is 0 Å². The molecule has 0 radical (unpaired) electrons. The zero-order chi connectivity index (χ0) is 6.85. The number of rotatable bonds is 0. The van der Waals surface area contributed by atoms with Gasteiger partial charge in [0.2, 0.25) is 5.91 Å². The molecule has 0 bridgehead atoms. The van der Waals surface area contributed by atoms with Crippen LogP contribution in [0.15, 0.2) is 11.9 Å². The lowest BCUT2D eigenvalue weighted by molar-refractivity contribution is -0.122. The van der Waals surface area contributed by atoms with Crippen LogP contribution in [0.1, 0.15) is 13.8 Å². The summed E-state index contributed by atoms with van der Waals surface area (Å²) in [6.07, 6.45) is 1.80. The zero-order valence-corrected chi connectivity index (χ0v) is 5.56. The normalized spacial score (nSPS) is 26.2. The van der Waals surface area contributed by atoms with Crippen molar-refractivity contribution in [3.05, 3.63) is 11.9 Å². The van der Waals surface area contributed by atoms with Crippen LogP contribution in [0, 0.1) is 0 Å². The summed E-state index contributed by atoms with van der Waals surface area (Å²) in [5.74, 6) is 0.0370. The second kappa shape index (κ2) is 2.09. The summed E-state index contributed by atoms with van der Waals surface area (Å²) in [4.78, 5) is 10.8. The fourth-order valence-electron chi connectivity index (χ4n) is 0.664. The topological polar surface area (TPSA) is 41.1 Å². The van der Waals surface area contributed by atoms with Gasteiger partial charge in [-0.2, -0.15) is 0 Å². The molecule has 0 spiro atoms. The number of nitrogens with one attached hydrogen (secondary N) is 2. The van der Waals surface area contributed by atoms with Crippen LogP contribution in [0.3, 0.4) is 0 Å². The van der Waals surface area contributed by atoms with Crippen LogP contribution in [0.25, 0.3) is 0 Å². The summed E-state index contributed by atoms with van der Waals surface area (Å²) in [5.41, 5.74) is 0.873. The number of carbonyl (C=O) groups is 1. The lowest BCUT2D eigenvalue weighted by atomic mass is 10.2. The Bertz CT molecular complexity index is 162. The van der Waals surface area contributed by atoms with Crippen molar-refractivity contribution in [3.8, 4) is 0 Å². The summed E-state index contributed by atoms with van der Waals surface area (Å²) < 4.78 is 0. The molecule has 50 valence electrons. The van der Waals surface area contributed by atoms with Crippen molar-refractivity contribution in [1.82, 2.24) is 10.6 Å². The molecule has 3 heteroatoms. The third-order valence-corrected chi connectivity index (χ3v) is 1.26. The third kappa shape index (κ3) is 1.22. The van der Waals surface area contributed by atoms with Crippen LogP contribution in [-0.2, 0) is 4.79 Å². The summed E-state index contributed by atoms with van der Waals surface area (Å²) in [5, 5.41) is 5.60. The largest absolute Gasteiger partial charge is 0.378 e. The van der Waals surface area contributed by atoms with Crippen molar-refractivity contribution >= 4 is 5.91 Å². The van der Waals surface area contributed by atoms with Gasteiger partial charge in [0.1, 0.15) is 6.04 Å². The van der Waals surface area contributed by atoms with Gasteiger partial charge in [0, 0.05) is 11.9 Å². The van der Waals surface area contributed by atoms with Gasteiger partial charge in [0.25, 0.3) is 0 Å². The molecule has 1 aliphatic rings. The Labute approximate surface area is 54.1 Å². The van der Waals surface area contributed by atoms with Gasteiger partial charge in [-0.1, -0.05) is 0 Å². The van der Waals surface area contributed by atoms with Gasteiger partial charge in [-0.05, 0) is 13.8 Å². The van der Waals surface area contributed by atoms with E-state index in [1.165, 1.54) is 0 Å². The molecule has 0 saturated heterocycles. The minimum absolute atomic E-state index is 0.0370. The molecule has 0 aromatic heterocycles. The van der Waals surface area contributed by atoms with Crippen molar-refractivity contribution in [2.24, 2.45) is 0 Å². The number of hydrogen-bond acceptors (Lipinski definition) is 2. The van der Waals surface area contributed by atoms with Crippen LogP contribution < -0.4 is 10.6 Å². The van der Waals surface area contributed by atoms with Gasteiger partial charge in [-0.3, -0.25) is 4.79 Å². The van der Waals surface area contributed by atoms with Crippen LogP contribution in [-0.4, -0.2) is 11.9 Å². The SMILES string of the molecule is CC1=CNC(C)C(=O)N1. The molecule has 1 rings (SSSR count). The number of hydrogen-bond donors (Lipinski definition) is 2. The quantitative estimate of drug-likeness (QED) is 0.478. The first-order valence-electron chi connectivity index (χ1n) is 2.94. The maximum atomic E-state index is 10.8. The van der Waals surface area contributed by atoms with Crippen molar-refractivity contribution in [2.45, 2.75) is 19.9 Å². The highest BCUT2D eigenvalue weighted by atomic mass is 16.2. The molecule has 0 saturated carbocycles. The molecule has 2 N–H and O–H groups in total. The highest BCUT2D eigenvalue weighted by Gasteiger charge is 2.14. The first-order valence-corrected chi connectivity index (χ1v) is 2.94. The van der Waals surface area contributed by atoms with Gasteiger partial charge in [-0.25, -0.2) is 0 Å². The van der Waals surface area contributed by atoms with E-state index < -0.39 is 0 Å². The lowest BCUT2D eigenvalue weighted by Crippen LogP contribution is -2.43. The molecule has 1 aliphatic heterocycles. The predicted molar refractivity (Wildman–Crippen MR) is 34.5 cm³/mol. The van der Waals surface area contributed by atoms with E-state index in [9.17, 15) is 4.79 Å². The second-order valence-electron chi connectivity index (χ2n) is 2.20. The van der Waals surface area contributed by atoms with E-state index in [0.29, 0.717) is 0 Å². The fraction of sp³-hybridized carbons (Fsp3) is 0.500. The van der Waals surface area contributed by atoms with Gasteiger partial charge in [0.05, 0.1) is 0 Å². The number of allylic oxidation sites excluding steroid dienone is 1. The van der Waals surface area contributed by atoms with Gasteiger partial charge in [0.15, 0.2) is 0 Å². The van der Waals surface area contributed by atoms with E-state index in [0.717, 1.165) is 5.70 Å². The summed E-state index contributed by atoms with van der Waals surface area (Å²) in [7, 11) is 0. The summed E-state index contributed by atoms with van der Waals surface area (Å²) in [6.45, 7) is 3.66. The summed E-state index contributed by atoms with van der Waals surface area (Å²) >= 11 is 0. The predicted octanol–water partition coefficient (Wildman–Crippen LogP) is -0.0444. The van der Waals surface area contributed by atoms with Gasteiger partial charge >= 0.3 is 0 Å². The minimum Gasteiger partial charge on any atom is -0.378 e. The smallest absolute Gasteiger partial charge is 0.246 e. The molecule has 0 aliphatic carbocycles. The Morgan fingerprint density at radius 3 is 2.78 bits per heavy atom. The monoisotopic (exact) mass is 126 g/mol. The average molecular weight is 126 g/mol. The Morgan fingerprint density at radius 2 is 2.33 bits per heavy atom. The molecule has 1 unspecified atom stereocenters. The van der Waals surface area contributed by atoms with Crippen LogP contribution in [0.5, 0.6) is 0 Å². The van der Waals surface area contributed by atoms with E-state index >= 15 is 0 Å². The fourth-order valence-corrected chi connectivity index (χ4v) is 0.664. The Hall–Kier alpha value is -0.990. The van der Waals surface area contributed by atoms with Crippen molar-refractivity contribution < 1.29 is 4.79 Å². The Kier molecular flexibility index (Phi) is 1.42. The zero-order valence-electron chi connectivity index (χ0n) is 5.56. The maximum Gasteiger partial charge on any atom is 0.246 e. The van der Waals surface area contributed by atoms with E-state index in [4.69, 9.17) is 0 Å². The molecule has 1 heterocycles. The first kappa shape index (κ1) is 6.13. The number of amides is 1. The molecule has 0 aromatic rings. The highest BCUT2D eigenvalue weighted by molar-refractivity contribution is 5.83.